The average Bonchev–Trinajstić information content (AvgIpc) is 3.07. The Morgan fingerprint density at radius 3 is 2.85 bits per heavy atom. The number of hydrogen-bond donors (Lipinski definition) is 2. The van der Waals surface area contributed by atoms with Gasteiger partial charge in [0.1, 0.15) is 5.82 Å². The molecule has 1 aromatic carbocycles. The molecule has 136 valence electrons. The number of aryl methyl sites for hydroxylation is 1. The van der Waals surface area contributed by atoms with Gasteiger partial charge < -0.3 is 14.9 Å². The third-order valence-electron chi connectivity index (χ3n) is 4.54. The second-order valence-corrected chi connectivity index (χ2v) is 6.91. The van der Waals surface area contributed by atoms with Gasteiger partial charge in [0.2, 0.25) is 0 Å². The van der Waals surface area contributed by atoms with Crippen molar-refractivity contribution in [3.05, 3.63) is 76.1 Å². The highest BCUT2D eigenvalue weighted by Crippen LogP contribution is 2.24. The summed E-state index contributed by atoms with van der Waals surface area (Å²) in [6.45, 7) is 1.93. The average molecular weight is 380 g/mol. The third-order valence-corrected chi connectivity index (χ3v) is 4.77. The molecule has 3 heterocycles. The van der Waals surface area contributed by atoms with Gasteiger partial charge in [0.15, 0.2) is 0 Å². The van der Waals surface area contributed by atoms with Crippen LogP contribution < -0.4 is 10.9 Å². The lowest BCUT2D eigenvalue weighted by molar-refractivity contribution is 0.857. The lowest BCUT2D eigenvalue weighted by Gasteiger charge is -2.15. The van der Waals surface area contributed by atoms with Gasteiger partial charge in [0, 0.05) is 40.3 Å². The molecule has 0 radical (unpaired) electrons. The van der Waals surface area contributed by atoms with Crippen LogP contribution in [0.25, 0.3) is 22.2 Å². The molecule has 0 fully saturated rings. The van der Waals surface area contributed by atoms with E-state index in [2.05, 4.69) is 20.3 Å². The minimum absolute atomic E-state index is 0.132. The molecule has 0 aliphatic carbocycles. The Morgan fingerprint density at radius 2 is 2.07 bits per heavy atom. The fraction of sp³-hybridized carbons (Fsp3) is 0.150. The number of benzene rings is 1. The molecule has 0 saturated carbocycles. The number of nitrogens with zero attached hydrogens (tertiary/aromatic N) is 3. The topological polar surface area (TPSA) is 75.6 Å². The minimum Gasteiger partial charge on any atom is -0.363 e. The van der Waals surface area contributed by atoms with Crippen LogP contribution in [0.3, 0.4) is 0 Å². The molecule has 27 heavy (non-hydrogen) atoms. The quantitative estimate of drug-likeness (QED) is 0.558. The molecular formula is C20H18ClN5O. The molecule has 4 aromatic rings. The zero-order chi connectivity index (χ0) is 19.0. The van der Waals surface area contributed by atoms with E-state index < -0.39 is 0 Å². The van der Waals surface area contributed by atoms with Gasteiger partial charge in [0.25, 0.3) is 5.56 Å². The normalized spacial score (nSPS) is 12.3. The van der Waals surface area contributed by atoms with Crippen molar-refractivity contribution < 1.29 is 0 Å². The smallest absolute Gasteiger partial charge is 0.253 e. The van der Waals surface area contributed by atoms with Crippen molar-refractivity contribution in [2.75, 3.05) is 5.32 Å². The van der Waals surface area contributed by atoms with Crippen molar-refractivity contribution in [1.29, 1.82) is 0 Å². The van der Waals surface area contributed by atoms with Crippen LogP contribution in [0.5, 0.6) is 0 Å². The largest absolute Gasteiger partial charge is 0.363 e. The van der Waals surface area contributed by atoms with Gasteiger partial charge in [-0.2, -0.15) is 0 Å². The lowest BCUT2D eigenvalue weighted by atomic mass is 10.1. The van der Waals surface area contributed by atoms with E-state index >= 15 is 0 Å². The summed E-state index contributed by atoms with van der Waals surface area (Å²) in [6, 6.07) is 10.9. The Bertz CT molecular complexity index is 1180. The molecule has 2 N–H and O–H groups in total. The molecule has 0 spiro atoms. The molecule has 0 amide bonds. The number of aromatic amines is 1. The summed E-state index contributed by atoms with van der Waals surface area (Å²) in [7, 11) is 1.94. The summed E-state index contributed by atoms with van der Waals surface area (Å²) >= 11 is 6.07. The van der Waals surface area contributed by atoms with Crippen LogP contribution in [0.4, 0.5) is 5.82 Å². The summed E-state index contributed by atoms with van der Waals surface area (Å²) in [5.74, 6) is 0.687. The van der Waals surface area contributed by atoms with Gasteiger partial charge in [-0.05, 0) is 43.3 Å². The fourth-order valence-corrected chi connectivity index (χ4v) is 3.30. The number of aromatic nitrogens is 4. The van der Waals surface area contributed by atoms with Crippen molar-refractivity contribution in [3.8, 4) is 11.3 Å². The van der Waals surface area contributed by atoms with Crippen LogP contribution in [-0.2, 0) is 7.05 Å². The molecule has 7 heteroatoms. The van der Waals surface area contributed by atoms with Crippen molar-refractivity contribution in [3.63, 3.8) is 0 Å². The van der Waals surface area contributed by atoms with E-state index in [4.69, 9.17) is 11.6 Å². The van der Waals surface area contributed by atoms with Gasteiger partial charge in [-0.1, -0.05) is 11.6 Å². The highest BCUT2D eigenvalue weighted by molar-refractivity contribution is 6.31. The molecule has 6 nitrogen and oxygen atoms in total. The highest BCUT2D eigenvalue weighted by Gasteiger charge is 2.13. The van der Waals surface area contributed by atoms with E-state index in [0.29, 0.717) is 16.4 Å². The first kappa shape index (κ1) is 17.3. The van der Waals surface area contributed by atoms with Gasteiger partial charge in [0.05, 0.1) is 24.3 Å². The Labute approximate surface area is 160 Å². The van der Waals surface area contributed by atoms with Gasteiger partial charge in [-0.3, -0.25) is 4.79 Å². The van der Waals surface area contributed by atoms with Gasteiger partial charge in [-0.15, -0.1) is 0 Å². The number of anilines is 1. The molecule has 4 rings (SSSR count). The maximum Gasteiger partial charge on any atom is 0.253 e. The van der Waals surface area contributed by atoms with Gasteiger partial charge in [-0.25, -0.2) is 9.97 Å². The van der Waals surface area contributed by atoms with Crippen LogP contribution >= 0.6 is 11.6 Å². The molecule has 0 bridgehead atoms. The SMILES string of the molecule is CC(Nc1cc(-c2cncn2C)ccn1)c1cc2cc(Cl)ccc2[nH]c1=O. The minimum atomic E-state index is -0.230. The Morgan fingerprint density at radius 1 is 1.22 bits per heavy atom. The van der Waals surface area contributed by atoms with Crippen LogP contribution in [0.15, 0.2) is 59.9 Å². The van der Waals surface area contributed by atoms with E-state index in [-0.39, 0.29) is 11.6 Å². The lowest BCUT2D eigenvalue weighted by Crippen LogP contribution is -2.19. The summed E-state index contributed by atoms with van der Waals surface area (Å²) in [4.78, 5) is 23.9. The van der Waals surface area contributed by atoms with E-state index in [1.165, 1.54) is 0 Å². The molecule has 1 atom stereocenters. The number of nitrogens with one attached hydrogen (secondary N) is 2. The Balaban J connectivity index is 1.65. The van der Waals surface area contributed by atoms with Crippen LogP contribution in [0, 0.1) is 0 Å². The number of imidazole rings is 1. The summed E-state index contributed by atoms with van der Waals surface area (Å²) in [6.07, 6.45) is 5.30. The van der Waals surface area contributed by atoms with E-state index in [1.54, 1.807) is 30.9 Å². The molecule has 0 saturated heterocycles. The molecule has 1 unspecified atom stereocenters. The molecular weight excluding hydrogens is 362 g/mol. The van der Waals surface area contributed by atoms with Crippen molar-refractivity contribution >= 4 is 28.3 Å². The second kappa shape index (κ2) is 6.89. The number of rotatable bonds is 4. The van der Waals surface area contributed by atoms with E-state index in [0.717, 1.165) is 22.2 Å². The number of halogens is 1. The number of H-pyrrole nitrogens is 1. The standard InChI is InChI=1S/C20H18ClN5O/c1-12(16-8-14-7-15(21)3-4-17(14)25-20(16)27)24-19-9-13(5-6-23-19)18-10-22-11-26(18)2/h3-12H,1-2H3,(H,23,24)(H,25,27). The van der Waals surface area contributed by atoms with E-state index in [1.807, 2.05) is 42.8 Å². The number of pyridine rings is 2. The predicted octanol–water partition coefficient (Wildman–Crippen LogP) is 4.15. The zero-order valence-electron chi connectivity index (χ0n) is 14.9. The fourth-order valence-electron chi connectivity index (χ4n) is 3.12. The third kappa shape index (κ3) is 3.44. The van der Waals surface area contributed by atoms with Crippen molar-refractivity contribution in [2.24, 2.45) is 7.05 Å². The second-order valence-electron chi connectivity index (χ2n) is 6.47. The first-order valence-corrected chi connectivity index (χ1v) is 8.91. The maximum atomic E-state index is 12.5. The predicted molar refractivity (Wildman–Crippen MR) is 108 cm³/mol. The summed E-state index contributed by atoms with van der Waals surface area (Å²) < 4.78 is 1.94. The summed E-state index contributed by atoms with van der Waals surface area (Å²) in [5.41, 5.74) is 3.24. The van der Waals surface area contributed by atoms with Gasteiger partial charge >= 0.3 is 0 Å². The highest BCUT2D eigenvalue weighted by atomic mass is 35.5. The zero-order valence-corrected chi connectivity index (χ0v) is 15.7. The van der Waals surface area contributed by atoms with E-state index in [9.17, 15) is 4.79 Å². The first-order chi connectivity index (χ1) is 13.0. The van der Waals surface area contributed by atoms with Crippen LogP contribution in [-0.4, -0.2) is 19.5 Å². The van der Waals surface area contributed by atoms with Crippen molar-refractivity contribution in [2.45, 2.75) is 13.0 Å². The molecule has 0 aliphatic rings. The summed E-state index contributed by atoms with van der Waals surface area (Å²) in [5, 5.41) is 4.83. The first-order valence-electron chi connectivity index (χ1n) is 8.53. The van der Waals surface area contributed by atoms with Crippen LogP contribution in [0.2, 0.25) is 5.02 Å². The number of hydrogen-bond acceptors (Lipinski definition) is 4. The monoisotopic (exact) mass is 379 g/mol. The van der Waals surface area contributed by atoms with Crippen molar-refractivity contribution in [1.82, 2.24) is 19.5 Å². The molecule has 0 aliphatic heterocycles. The maximum absolute atomic E-state index is 12.5. The molecule has 3 aromatic heterocycles. The number of fused-ring (bicyclic) bond motifs is 1. The Kier molecular flexibility index (Phi) is 4.41. The van der Waals surface area contributed by atoms with Crippen LogP contribution in [0.1, 0.15) is 18.5 Å². The Hall–Kier alpha value is -3.12.